The molecule has 326 valence electrons. The quantitative estimate of drug-likeness (QED) is 0.0437. The van der Waals surface area contributed by atoms with Gasteiger partial charge in [0, 0.05) is 37.7 Å². The van der Waals surface area contributed by atoms with Gasteiger partial charge in [-0.25, -0.2) is 4.79 Å². The summed E-state index contributed by atoms with van der Waals surface area (Å²) in [6, 6.07) is 20.5. The van der Waals surface area contributed by atoms with E-state index in [1.165, 1.54) is 0 Å². The SMILES string of the molecule is C=CCOc1ccc2c(c1)C1C(CCCCO)C(CCCCO)C=C3C(=NOCc4ccccc4)CC(N(Cc4ccc5c(c4)OCO5)C(=O)OCCCl)C(OCC=C)(O2)C31. The summed E-state index contributed by atoms with van der Waals surface area (Å²) in [5, 5.41) is 24.8. The van der Waals surface area contributed by atoms with E-state index in [9.17, 15) is 15.0 Å². The summed E-state index contributed by atoms with van der Waals surface area (Å²) < 4.78 is 37.8. The number of carbonyl (C=O) groups is 1. The molecular weight excluding hydrogens is 800 g/mol. The summed E-state index contributed by atoms with van der Waals surface area (Å²) >= 11 is 6.12. The van der Waals surface area contributed by atoms with Gasteiger partial charge in [-0.05, 0) is 84.6 Å². The van der Waals surface area contributed by atoms with E-state index in [0.29, 0.717) is 48.2 Å². The van der Waals surface area contributed by atoms with E-state index in [4.69, 9.17) is 50.0 Å². The Hall–Kier alpha value is -5.01. The van der Waals surface area contributed by atoms with Crippen LogP contribution in [-0.4, -0.2) is 84.5 Å². The predicted octanol–water partition coefficient (Wildman–Crippen LogP) is 8.69. The summed E-state index contributed by atoms with van der Waals surface area (Å²) in [4.78, 5) is 22.5. The van der Waals surface area contributed by atoms with Crippen molar-refractivity contribution in [1.29, 1.82) is 0 Å². The van der Waals surface area contributed by atoms with Gasteiger partial charge >= 0.3 is 6.09 Å². The van der Waals surface area contributed by atoms with Crippen LogP contribution in [0.25, 0.3) is 0 Å². The molecule has 2 N–H and O–H groups in total. The monoisotopic (exact) mass is 856 g/mol. The molecule has 6 unspecified atom stereocenters. The summed E-state index contributed by atoms with van der Waals surface area (Å²) in [6.07, 6.45) is 9.85. The van der Waals surface area contributed by atoms with Crippen LogP contribution >= 0.6 is 11.6 Å². The zero-order valence-electron chi connectivity index (χ0n) is 34.6. The second-order valence-corrected chi connectivity index (χ2v) is 16.1. The van der Waals surface area contributed by atoms with E-state index in [-0.39, 0.29) is 76.4 Å². The highest BCUT2D eigenvalue weighted by Gasteiger charge is 2.65. The molecule has 3 aromatic rings. The largest absolute Gasteiger partial charge is 0.490 e. The normalized spacial score (nSPS) is 23.8. The lowest BCUT2D eigenvalue weighted by Gasteiger charge is -2.59. The molecule has 1 fully saturated rings. The number of unbranched alkanes of at least 4 members (excludes halogenated alkanes) is 2. The van der Waals surface area contributed by atoms with E-state index < -0.39 is 23.8 Å². The Morgan fingerprint density at radius 2 is 1.69 bits per heavy atom. The maximum atomic E-state index is 14.6. The van der Waals surface area contributed by atoms with Crippen molar-refractivity contribution in [3.63, 3.8) is 0 Å². The third-order valence-corrected chi connectivity index (χ3v) is 12.1. The highest BCUT2D eigenvalue weighted by Crippen LogP contribution is 2.62. The minimum absolute atomic E-state index is 0.0107. The number of amides is 1. The fraction of sp³-hybridized carbons (Fsp3) is 0.458. The number of fused-ring (bicyclic) bond motifs is 3. The lowest BCUT2D eigenvalue weighted by atomic mass is 9.55. The van der Waals surface area contributed by atoms with Crippen LogP contribution in [-0.2, 0) is 27.5 Å². The molecule has 0 radical (unpaired) electrons. The number of carbonyl (C=O) groups excluding carboxylic acids is 1. The van der Waals surface area contributed by atoms with Gasteiger partial charge in [0.1, 0.15) is 37.4 Å². The number of hydrogen-bond acceptors (Lipinski definition) is 11. The molecule has 2 aliphatic carbocycles. The average molecular weight is 857 g/mol. The Morgan fingerprint density at radius 3 is 2.46 bits per heavy atom. The zero-order chi connectivity index (χ0) is 42.6. The van der Waals surface area contributed by atoms with Crippen molar-refractivity contribution in [3.8, 4) is 23.0 Å². The molecule has 6 atom stereocenters. The number of allylic oxidation sites excluding steroid dienone is 1. The number of hydrogen-bond donors (Lipinski definition) is 2. The molecule has 1 amide bonds. The molecule has 2 aliphatic heterocycles. The molecule has 12 nitrogen and oxygen atoms in total. The van der Waals surface area contributed by atoms with E-state index in [1.54, 1.807) is 17.1 Å². The minimum Gasteiger partial charge on any atom is -0.490 e. The van der Waals surface area contributed by atoms with Crippen LogP contribution in [0.15, 0.2) is 109 Å². The number of aliphatic hydroxyl groups is 2. The Balaban J connectivity index is 1.44. The van der Waals surface area contributed by atoms with Crippen molar-refractivity contribution in [2.45, 2.75) is 75.8 Å². The van der Waals surface area contributed by atoms with Crippen LogP contribution in [0.2, 0.25) is 0 Å². The highest BCUT2D eigenvalue weighted by molar-refractivity contribution is 6.18. The molecule has 1 saturated carbocycles. The number of oxime groups is 1. The van der Waals surface area contributed by atoms with Crippen molar-refractivity contribution in [1.82, 2.24) is 4.90 Å². The molecule has 0 saturated heterocycles. The Labute approximate surface area is 363 Å². The van der Waals surface area contributed by atoms with Crippen molar-refractivity contribution >= 4 is 23.4 Å². The number of nitrogens with zero attached hydrogens (tertiary/aromatic N) is 2. The molecule has 0 spiro atoms. The molecule has 0 bridgehead atoms. The van der Waals surface area contributed by atoms with E-state index in [1.807, 2.05) is 60.7 Å². The van der Waals surface area contributed by atoms with Gasteiger partial charge in [0.2, 0.25) is 12.6 Å². The van der Waals surface area contributed by atoms with Crippen molar-refractivity contribution in [3.05, 3.63) is 120 Å². The van der Waals surface area contributed by atoms with Gasteiger partial charge in [-0.15, -0.1) is 18.2 Å². The second-order valence-electron chi connectivity index (χ2n) is 15.8. The summed E-state index contributed by atoms with van der Waals surface area (Å²) in [7, 11) is 0. The fourth-order valence-electron chi connectivity index (χ4n) is 9.40. The van der Waals surface area contributed by atoms with Gasteiger partial charge in [-0.2, -0.15) is 0 Å². The van der Waals surface area contributed by atoms with Crippen LogP contribution in [0.3, 0.4) is 0 Å². The van der Waals surface area contributed by atoms with Gasteiger partial charge < -0.3 is 43.5 Å². The third-order valence-electron chi connectivity index (χ3n) is 12.0. The Morgan fingerprint density at radius 1 is 0.918 bits per heavy atom. The predicted molar refractivity (Wildman–Crippen MR) is 232 cm³/mol. The Bertz CT molecular complexity index is 2030. The molecule has 13 heteroatoms. The van der Waals surface area contributed by atoms with Crippen LogP contribution < -0.4 is 18.9 Å². The van der Waals surface area contributed by atoms with Gasteiger partial charge in [0.05, 0.1) is 24.1 Å². The minimum atomic E-state index is -1.48. The van der Waals surface area contributed by atoms with Crippen LogP contribution in [0.5, 0.6) is 23.0 Å². The van der Waals surface area contributed by atoms with E-state index >= 15 is 0 Å². The van der Waals surface area contributed by atoms with E-state index in [2.05, 4.69) is 25.3 Å². The maximum absolute atomic E-state index is 14.6. The van der Waals surface area contributed by atoms with Gasteiger partial charge in [-0.1, -0.05) is 79.2 Å². The average Bonchev–Trinajstić information content (AvgIpc) is 3.76. The zero-order valence-corrected chi connectivity index (χ0v) is 35.4. The number of benzene rings is 3. The number of alkyl halides is 1. The lowest BCUT2D eigenvalue weighted by molar-refractivity contribution is -0.256. The molecule has 2 heterocycles. The van der Waals surface area contributed by atoms with Crippen molar-refractivity contribution < 1.29 is 48.3 Å². The standard InChI is InChI=1S/C48H57ClN2O10/c1-3-23-55-36-17-19-41-39(28-36)45-37(15-9-11-22-53)35(14-8-10-21-52)27-38-40(50-60-31-33-12-6-5-7-13-33)29-44(48(61-41,46(38)45)59-24-4-2)51(47(54)56-25-20-49)30-34-16-18-42-43(26-34)58-32-57-42/h3-7,12-13,16-19,26-28,35,37,44-46,52-53H,1-2,8-11,14-15,20-25,29-32H2. The lowest BCUT2D eigenvalue weighted by Crippen LogP contribution is -2.70. The van der Waals surface area contributed by atoms with Crippen LogP contribution in [0.1, 0.15) is 67.6 Å². The van der Waals surface area contributed by atoms with Crippen LogP contribution in [0, 0.1) is 17.8 Å². The first-order valence-electron chi connectivity index (χ1n) is 21.3. The molecule has 7 rings (SSSR count). The summed E-state index contributed by atoms with van der Waals surface area (Å²) in [6.45, 7) is 8.94. The van der Waals surface area contributed by atoms with Gasteiger partial charge in [0.15, 0.2) is 11.5 Å². The number of rotatable bonds is 22. The number of ether oxygens (including phenoxy) is 6. The van der Waals surface area contributed by atoms with Crippen molar-refractivity contribution in [2.24, 2.45) is 22.9 Å². The first-order chi connectivity index (χ1) is 29.9. The van der Waals surface area contributed by atoms with E-state index in [0.717, 1.165) is 47.9 Å². The third kappa shape index (κ3) is 9.88. The van der Waals surface area contributed by atoms with Crippen molar-refractivity contribution in [2.75, 3.05) is 45.7 Å². The molecule has 3 aromatic carbocycles. The van der Waals surface area contributed by atoms with Crippen LogP contribution in [0.4, 0.5) is 4.79 Å². The highest BCUT2D eigenvalue weighted by atomic mass is 35.5. The van der Waals surface area contributed by atoms with Gasteiger partial charge in [0.25, 0.3) is 0 Å². The van der Waals surface area contributed by atoms with Gasteiger partial charge in [-0.3, -0.25) is 4.90 Å². The smallest absolute Gasteiger partial charge is 0.410 e. The summed E-state index contributed by atoms with van der Waals surface area (Å²) in [5.74, 6) is 0.476. The first kappa shape index (κ1) is 44.1. The topological polar surface area (TPSA) is 138 Å². The second kappa shape index (κ2) is 21.2. The Kier molecular flexibility index (Phi) is 15.3. The number of halogens is 1. The first-order valence-corrected chi connectivity index (χ1v) is 21.8. The molecule has 61 heavy (non-hydrogen) atoms. The maximum Gasteiger partial charge on any atom is 0.410 e. The molecule has 4 aliphatic rings. The number of aliphatic hydroxyl groups excluding tert-OH is 2. The molecule has 0 aromatic heterocycles. The fourth-order valence-corrected chi connectivity index (χ4v) is 9.48. The molecular formula is C48H57ClN2O10. The summed E-state index contributed by atoms with van der Waals surface area (Å²) in [5.41, 5.74) is 4.28.